The van der Waals surface area contributed by atoms with E-state index in [2.05, 4.69) is 11.8 Å². The van der Waals surface area contributed by atoms with E-state index in [0.717, 1.165) is 23.9 Å². The van der Waals surface area contributed by atoms with Crippen molar-refractivity contribution >= 4 is 16.9 Å². The number of rotatable bonds is 3. The molecule has 3 heteroatoms. The monoisotopic (exact) mass is 227 g/mol. The van der Waals surface area contributed by atoms with Crippen LogP contribution >= 0.6 is 0 Å². The van der Waals surface area contributed by atoms with Crippen molar-refractivity contribution in [3.63, 3.8) is 0 Å². The fraction of sp³-hybridized carbons (Fsp3) is 0.214. The van der Waals surface area contributed by atoms with Gasteiger partial charge in [-0.15, -0.1) is 11.8 Å². The van der Waals surface area contributed by atoms with Gasteiger partial charge in [0.05, 0.1) is 5.56 Å². The summed E-state index contributed by atoms with van der Waals surface area (Å²) in [5.74, 6) is 4.96. The minimum atomic E-state index is -0.887. The molecule has 0 saturated heterocycles. The molecule has 3 nitrogen and oxygen atoms in total. The fourth-order valence-corrected chi connectivity index (χ4v) is 1.91. The van der Waals surface area contributed by atoms with Gasteiger partial charge >= 0.3 is 5.97 Å². The van der Waals surface area contributed by atoms with Gasteiger partial charge < -0.3 is 9.67 Å². The second-order valence-corrected chi connectivity index (χ2v) is 3.73. The molecule has 0 fully saturated rings. The molecule has 0 radical (unpaired) electrons. The van der Waals surface area contributed by atoms with Gasteiger partial charge in [-0.1, -0.05) is 6.07 Å². The average molecular weight is 227 g/mol. The van der Waals surface area contributed by atoms with E-state index in [-0.39, 0.29) is 0 Å². The number of fused-ring (bicyclic) bond motifs is 1. The second-order valence-electron chi connectivity index (χ2n) is 3.73. The van der Waals surface area contributed by atoms with E-state index in [1.807, 2.05) is 29.8 Å². The molecule has 86 valence electrons. The highest BCUT2D eigenvalue weighted by atomic mass is 16.4. The Bertz CT molecular complexity index is 614. The first-order chi connectivity index (χ1) is 8.24. The average Bonchev–Trinajstić information content (AvgIpc) is 2.72. The van der Waals surface area contributed by atoms with Crippen LogP contribution in [0.3, 0.4) is 0 Å². The van der Waals surface area contributed by atoms with Crippen molar-refractivity contribution < 1.29 is 9.90 Å². The summed E-state index contributed by atoms with van der Waals surface area (Å²) in [6, 6.07) is 7.17. The van der Waals surface area contributed by atoms with Gasteiger partial charge in [-0.3, -0.25) is 0 Å². The van der Waals surface area contributed by atoms with E-state index < -0.39 is 5.97 Å². The smallest absolute Gasteiger partial charge is 0.336 e. The molecule has 0 bridgehead atoms. The van der Waals surface area contributed by atoms with E-state index >= 15 is 0 Å². The maximum absolute atomic E-state index is 11.1. The summed E-state index contributed by atoms with van der Waals surface area (Å²) in [6.45, 7) is 2.60. The summed E-state index contributed by atoms with van der Waals surface area (Å²) < 4.78 is 2.03. The van der Waals surface area contributed by atoms with E-state index in [9.17, 15) is 4.79 Å². The molecule has 0 unspecified atom stereocenters. The van der Waals surface area contributed by atoms with Crippen molar-refractivity contribution in [1.82, 2.24) is 4.57 Å². The van der Waals surface area contributed by atoms with Gasteiger partial charge in [0.2, 0.25) is 0 Å². The molecule has 1 aromatic heterocycles. The molecule has 0 aliphatic carbocycles. The SMILES string of the molecule is CC#CCCn1ccc2c(C(=O)O)cccc21. The molecule has 0 aliphatic heterocycles. The second kappa shape index (κ2) is 4.75. The molecular weight excluding hydrogens is 214 g/mol. The number of aromatic nitrogens is 1. The highest BCUT2D eigenvalue weighted by Gasteiger charge is 2.10. The number of hydrogen-bond acceptors (Lipinski definition) is 1. The van der Waals surface area contributed by atoms with Crippen LogP contribution in [-0.4, -0.2) is 15.6 Å². The Morgan fingerprint density at radius 1 is 1.41 bits per heavy atom. The van der Waals surface area contributed by atoms with Crippen molar-refractivity contribution in [2.24, 2.45) is 0 Å². The third-order valence-corrected chi connectivity index (χ3v) is 2.70. The molecule has 0 saturated carbocycles. The van der Waals surface area contributed by atoms with E-state index in [4.69, 9.17) is 5.11 Å². The topological polar surface area (TPSA) is 42.2 Å². The zero-order valence-corrected chi connectivity index (χ0v) is 9.60. The van der Waals surface area contributed by atoms with E-state index in [0.29, 0.717) is 5.56 Å². The van der Waals surface area contributed by atoms with Crippen LogP contribution in [0.15, 0.2) is 30.5 Å². The summed E-state index contributed by atoms with van der Waals surface area (Å²) in [5.41, 5.74) is 1.30. The summed E-state index contributed by atoms with van der Waals surface area (Å²) in [6.07, 6.45) is 2.69. The molecule has 0 spiro atoms. The van der Waals surface area contributed by atoms with Gasteiger partial charge in [-0.25, -0.2) is 4.79 Å². The van der Waals surface area contributed by atoms with Crippen molar-refractivity contribution in [2.75, 3.05) is 0 Å². The number of aromatic carboxylic acids is 1. The zero-order chi connectivity index (χ0) is 12.3. The van der Waals surface area contributed by atoms with Gasteiger partial charge in [0.15, 0.2) is 0 Å². The van der Waals surface area contributed by atoms with Crippen molar-refractivity contribution in [1.29, 1.82) is 0 Å². The Kier molecular flexibility index (Phi) is 3.15. The number of nitrogens with zero attached hydrogens (tertiary/aromatic N) is 1. The molecule has 1 aromatic carbocycles. The maximum atomic E-state index is 11.1. The van der Waals surface area contributed by atoms with Crippen LogP contribution in [0.5, 0.6) is 0 Å². The first-order valence-electron chi connectivity index (χ1n) is 5.45. The lowest BCUT2D eigenvalue weighted by Gasteiger charge is -2.03. The van der Waals surface area contributed by atoms with E-state index in [1.165, 1.54) is 0 Å². The van der Waals surface area contributed by atoms with Gasteiger partial charge in [-0.05, 0) is 25.1 Å². The largest absolute Gasteiger partial charge is 0.478 e. The van der Waals surface area contributed by atoms with Crippen LogP contribution < -0.4 is 0 Å². The summed E-state index contributed by atoms with van der Waals surface area (Å²) >= 11 is 0. The summed E-state index contributed by atoms with van der Waals surface area (Å²) in [7, 11) is 0. The Morgan fingerprint density at radius 3 is 2.94 bits per heavy atom. The van der Waals surface area contributed by atoms with E-state index in [1.54, 1.807) is 12.1 Å². The third-order valence-electron chi connectivity index (χ3n) is 2.70. The highest BCUT2D eigenvalue weighted by Crippen LogP contribution is 2.20. The molecule has 2 aromatic rings. The van der Waals surface area contributed by atoms with Crippen LogP contribution in [0.1, 0.15) is 23.7 Å². The van der Waals surface area contributed by atoms with Crippen molar-refractivity contribution in [3.8, 4) is 11.8 Å². The number of aryl methyl sites for hydroxylation is 1. The van der Waals surface area contributed by atoms with Crippen LogP contribution in [0.2, 0.25) is 0 Å². The number of carbonyl (C=O) groups is 1. The molecule has 0 amide bonds. The normalized spacial score (nSPS) is 9.94. The molecule has 17 heavy (non-hydrogen) atoms. The standard InChI is InChI=1S/C14H13NO2/c1-2-3-4-9-15-10-8-11-12(14(16)17)6-5-7-13(11)15/h5-8,10H,4,9H2,1H3,(H,16,17). The fourth-order valence-electron chi connectivity index (χ4n) is 1.91. The first kappa shape index (κ1) is 11.3. The third kappa shape index (κ3) is 2.16. The number of hydrogen-bond donors (Lipinski definition) is 1. The minimum Gasteiger partial charge on any atom is -0.478 e. The van der Waals surface area contributed by atoms with Crippen LogP contribution in [0.25, 0.3) is 10.9 Å². The first-order valence-corrected chi connectivity index (χ1v) is 5.45. The lowest BCUT2D eigenvalue weighted by molar-refractivity contribution is 0.0699. The Labute approximate surface area is 99.7 Å². The zero-order valence-electron chi connectivity index (χ0n) is 9.60. The molecule has 0 aliphatic rings. The highest BCUT2D eigenvalue weighted by molar-refractivity contribution is 6.02. The predicted octanol–water partition coefficient (Wildman–Crippen LogP) is 2.75. The Morgan fingerprint density at radius 2 is 2.24 bits per heavy atom. The van der Waals surface area contributed by atoms with Gasteiger partial charge in [-0.2, -0.15) is 0 Å². The van der Waals surface area contributed by atoms with Gasteiger partial charge in [0.1, 0.15) is 0 Å². The molecule has 2 rings (SSSR count). The van der Waals surface area contributed by atoms with Gasteiger partial charge in [0, 0.05) is 30.1 Å². The van der Waals surface area contributed by atoms with Crippen LogP contribution in [-0.2, 0) is 6.54 Å². The lowest BCUT2D eigenvalue weighted by atomic mass is 10.1. The molecule has 1 heterocycles. The van der Waals surface area contributed by atoms with Crippen molar-refractivity contribution in [2.45, 2.75) is 19.9 Å². The molecule has 0 atom stereocenters. The quantitative estimate of drug-likeness (QED) is 0.819. The van der Waals surface area contributed by atoms with Gasteiger partial charge in [0.25, 0.3) is 0 Å². The Balaban J connectivity index is 2.42. The molecular formula is C14H13NO2. The van der Waals surface area contributed by atoms with Crippen LogP contribution in [0.4, 0.5) is 0 Å². The summed E-state index contributed by atoms with van der Waals surface area (Å²) in [4.78, 5) is 11.1. The maximum Gasteiger partial charge on any atom is 0.336 e. The van der Waals surface area contributed by atoms with Crippen molar-refractivity contribution in [3.05, 3.63) is 36.0 Å². The lowest BCUT2D eigenvalue weighted by Crippen LogP contribution is -1.98. The molecule has 1 N–H and O–H groups in total. The Hall–Kier alpha value is -2.21. The summed E-state index contributed by atoms with van der Waals surface area (Å²) in [5, 5.41) is 9.86. The predicted molar refractivity (Wildman–Crippen MR) is 67.0 cm³/mol. The van der Waals surface area contributed by atoms with Crippen LogP contribution in [0, 0.1) is 11.8 Å². The number of carboxylic acids is 1. The number of carboxylic acid groups (broad SMARTS) is 1. The number of benzene rings is 1. The minimum absolute atomic E-state index is 0.350.